The van der Waals surface area contributed by atoms with Gasteiger partial charge in [0, 0.05) is 32.7 Å². The molecule has 4 heterocycles. The number of nitrogens with zero attached hydrogens (tertiary/aromatic N) is 4. The molecule has 0 fully saturated rings. The molecule has 1 aliphatic rings. The lowest BCUT2D eigenvalue weighted by molar-refractivity contribution is 0.198. The van der Waals surface area contributed by atoms with E-state index < -0.39 is 0 Å². The highest BCUT2D eigenvalue weighted by Gasteiger charge is 2.23. The summed E-state index contributed by atoms with van der Waals surface area (Å²) in [6, 6.07) is 18.1. The monoisotopic (exact) mass is 644 g/mol. The first kappa shape index (κ1) is 31.7. The molecule has 0 radical (unpaired) electrons. The average Bonchev–Trinajstić information content (AvgIpc) is 3.64. The molecule has 0 spiro atoms. The van der Waals surface area contributed by atoms with Crippen LogP contribution in [-0.2, 0) is 0 Å². The van der Waals surface area contributed by atoms with Gasteiger partial charge in [-0.05, 0) is 70.8 Å². The van der Waals surface area contributed by atoms with Gasteiger partial charge in [-0.15, -0.1) is 0 Å². The van der Waals surface area contributed by atoms with Crippen LogP contribution >= 0.6 is 0 Å². The molecule has 0 saturated heterocycles. The van der Waals surface area contributed by atoms with E-state index in [1.807, 2.05) is 54.6 Å². The number of hydrogen-bond donors (Lipinski definition) is 2. The van der Waals surface area contributed by atoms with Gasteiger partial charge < -0.3 is 24.2 Å². The van der Waals surface area contributed by atoms with Crippen molar-refractivity contribution in [3.63, 3.8) is 0 Å². The number of ether oxygens (including phenoxy) is 3. The first-order valence-corrected chi connectivity index (χ1v) is 16.5. The van der Waals surface area contributed by atoms with Gasteiger partial charge in [-0.1, -0.05) is 62.3 Å². The largest absolute Gasteiger partial charge is 0.493 e. The first-order valence-electron chi connectivity index (χ1n) is 16.5. The summed E-state index contributed by atoms with van der Waals surface area (Å²) in [4.78, 5) is 27.4. The summed E-state index contributed by atoms with van der Waals surface area (Å²) in [6.45, 7) is 21.2. The Morgan fingerprint density at radius 3 is 1.33 bits per heavy atom. The molecule has 48 heavy (non-hydrogen) atoms. The van der Waals surface area contributed by atoms with Crippen molar-refractivity contribution >= 4 is 44.1 Å². The maximum absolute atomic E-state index is 6.21. The zero-order valence-corrected chi connectivity index (χ0v) is 29.3. The average molecular weight is 645 g/mol. The van der Waals surface area contributed by atoms with Gasteiger partial charge in [-0.2, -0.15) is 0 Å². The number of nitrogens with one attached hydrogen (secondary N) is 2. The standard InChI is InChI=1S/C39H44N6O3/c1-37(2,3)19-46-22-10-13-25-28(16-22)34-40-31(25)44-35-30-18-24(48-21-39(7,8)9)12-15-27(30)33(42-35)45-36-29-17-23(47-20-38(4,5)6)11-14-26(29)32(41-36)43-34/h10-18H,19-21H2,1-9H3,(H2,40,41,42,43,44,45). The Kier molecular flexibility index (Phi) is 7.49. The minimum absolute atomic E-state index is 0.0164. The SMILES string of the molecule is CC(C)(C)COc1ccc2c(c1)-c1nc-2nc2[nH]c(nc3[nH]c(n1)c1ccc(OCC(C)(C)C)cc31)c1ccc(OCC(C)(C)C)cc21. The maximum Gasteiger partial charge on any atom is 0.164 e. The molecule has 0 amide bonds. The van der Waals surface area contributed by atoms with Gasteiger partial charge in [0.25, 0.3) is 0 Å². The van der Waals surface area contributed by atoms with Crippen molar-refractivity contribution in [1.82, 2.24) is 29.9 Å². The first-order chi connectivity index (χ1) is 22.6. The fourth-order valence-corrected chi connectivity index (χ4v) is 5.48. The lowest BCUT2D eigenvalue weighted by atomic mass is 9.98. The highest BCUT2D eigenvalue weighted by atomic mass is 16.5. The molecule has 0 saturated carbocycles. The van der Waals surface area contributed by atoms with E-state index in [1.54, 1.807) is 0 Å². The molecule has 7 rings (SSSR count). The van der Waals surface area contributed by atoms with Crippen molar-refractivity contribution in [2.24, 2.45) is 16.2 Å². The van der Waals surface area contributed by atoms with E-state index in [0.717, 1.165) is 49.9 Å². The molecule has 9 heteroatoms. The van der Waals surface area contributed by atoms with Crippen LogP contribution in [0, 0.1) is 16.2 Å². The van der Waals surface area contributed by atoms with Gasteiger partial charge in [0.2, 0.25) is 0 Å². The van der Waals surface area contributed by atoms with Gasteiger partial charge in [-0.25, -0.2) is 19.9 Å². The summed E-state index contributed by atoms with van der Waals surface area (Å²) < 4.78 is 18.6. The minimum Gasteiger partial charge on any atom is -0.493 e. The third-order valence-corrected chi connectivity index (χ3v) is 7.84. The van der Waals surface area contributed by atoms with E-state index in [0.29, 0.717) is 54.1 Å². The second-order valence-corrected chi connectivity index (χ2v) is 16.4. The quantitative estimate of drug-likeness (QED) is 0.185. The third-order valence-electron chi connectivity index (χ3n) is 7.84. The molecule has 0 aliphatic carbocycles. The third kappa shape index (κ3) is 6.59. The van der Waals surface area contributed by atoms with Crippen LogP contribution in [0.3, 0.4) is 0 Å². The Balaban J connectivity index is 1.49. The number of hydrogen-bond acceptors (Lipinski definition) is 7. The molecule has 248 valence electrons. The van der Waals surface area contributed by atoms with Crippen LogP contribution < -0.4 is 14.2 Å². The van der Waals surface area contributed by atoms with Crippen molar-refractivity contribution in [3.05, 3.63) is 54.6 Å². The zero-order chi connectivity index (χ0) is 34.0. The molecular formula is C39H44N6O3. The summed E-state index contributed by atoms with van der Waals surface area (Å²) in [6.07, 6.45) is 0. The molecule has 3 aromatic carbocycles. The van der Waals surface area contributed by atoms with Gasteiger partial charge in [0.15, 0.2) is 11.6 Å². The van der Waals surface area contributed by atoms with Gasteiger partial charge in [0.1, 0.15) is 39.8 Å². The molecule has 6 bridgehead atoms. The number of fused-ring (bicyclic) bond motifs is 15. The van der Waals surface area contributed by atoms with E-state index in [9.17, 15) is 0 Å². The van der Waals surface area contributed by atoms with Crippen LogP contribution in [0.1, 0.15) is 62.3 Å². The molecule has 1 aliphatic heterocycles. The van der Waals surface area contributed by atoms with E-state index in [1.165, 1.54) is 0 Å². The number of aromatic amines is 2. The van der Waals surface area contributed by atoms with Gasteiger partial charge >= 0.3 is 0 Å². The lowest BCUT2D eigenvalue weighted by Gasteiger charge is -2.19. The van der Waals surface area contributed by atoms with Gasteiger partial charge in [0.05, 0.1) is 19.8 Å². The Labute approximate surface area is 280 Å². The molecule has 6 aromatic rings. The van der Waals surface area contributed by atoms with E-state index in [4.69, 9.17) is 34.1 Å². The van der Waals surface area contributed by atoms with E-state index in [-0.39, 0.29) is 16.2 Å². The van der Waals surface area contributed by atoms with Crippen molar-refractivity contribution in [2.75, 3.05) is 19.8 Å². The van der Waals surface area contributed by atoms with Crippen LogP contribution in [0.5, 0.6) is 17.2 Å². The summed E-state index contributed by atoms with van der Waals surface area (Å²) >= 11 is 0. The van der Waals surface area contributed by atoms with Crippen LogP contribution in [0.2, 0.25) is 0 Å². The van der Waals surface area contributed by atoms with Crippen molar-refractivity contribution in [2.45, 2.75) is 62.3 Å². The fraction of sp³-hybridized carbons (Fsp3) is 0.385. The highest BCUT2D eigenvalue weighted by molar-refractivity contribution is 6.08. The van der Waals surface area contributed by atoms with E-state index in [2.05, 4.69) is 72.3 Å². The molecular weight excluding hydrogens is 600 g/mol. The van der Waals surface area contributed by atoms with Crippen molar-refractivity contribution in [3.8, 4) is 40.0 Å². The predicted octanol–water partition coefficient (Wildman–Crippen LogP) is 9.58. The molecule has 9 nitrogen and oxygen atoms in total. The second-order valence-electron chi connectivity index (χ2n) is 16.4. The summed E-state index contributed by atoms with van der Waals surface area (Å²) in [5.74, 6) is 3.43. The Hall–Kier alpha value is -4.92. The Bertz CT molecular complexity index is 2260. The van der Waals surface area contributed by atoms with Gasteiger partial charge in [-0.3, -0.25) is 0 Å². The topological polar surface area (TPSA) is 111 Å². The van der Waals surface area contributed by atoms with Crippen molar-refractivity contribution in [1.29, 1.82) is 0 Å². The van der Waals surface area contributed by atoms with Crippen LogP contribution in [0.4, 0.5) is 0 Å². The van der Waals surface area contributed by atoms with E-state index >= 15 is 0 Å². The normalized spacial score (nSPS) is 12.9. The lowest BCUT2D eigenvalue weighted by Crippen LogP contribution is -2.16. The smallest absolute Gasteiger partial charge is 0.164 e. The molecule has 0 atom stereocenters. The Morgan fingerprint density at radius 1 is 0.438 bits per heavy atom. The predicted molar refractivity (Wildman–Crippen MR) is 193 cm³/mol. The van der Waals surface area contributed by atoms with Crippen LogP contribution in [0.15, 0.2) is 54.6 Å². The number of benzene rings is 3. The van der Waals surface area contributed by atoms with Crippen LogP contribution in [-0.4, -0.2) is 49.7 Å². The summed E-state index contributed by atoms with van der Waals surface area (Å²) in [5, 5.41) is 3.63. The highest BCUT2D eigenvalue weighted by Crippen LogP contribution is 2.38. The number of aromatic nitrogens is 6. The molecule has 2 N–H and O–H groups in total. The molecule has 3 aromatic heterocycles. The fourth-order valence-electron chi connectivity index (χ4n) is 5.48. The summed E-state index contributed by atoms with van der Waals surface area (Å²) in [7, 11) is 0. The Morgan fingerprint density at radius 2 is 0.833 bits per heavy atom. The zero-order valence-electron chi connectivity index (χ0n) is 29.3. The van der Waals surface area contributed by atoms with Crippen LogP contribution in [0.25, 0.3) is 66.9 Å². The van der Waals surface area contributed by atoms with Crippen molar-refractivity contribution < 1.29 is 14.2 Å². The maximum atomic E-state index is 6.21. The number of rotatable bonds is 6. The minimum atomic E-state index is 0.0164. The molecule has 0 unspecified atom stereocenters. The summed E-state index contributed by atoms with van der Waals surface area (Å²) in [5.41, 5.74) is 4.44. The second kappa shape index (κ2) is 11.4. The number of H-pyrrole nitrogens is 2.